The second-order valence-electron chi connectivity index (χ2n) is 18.5. The summed E-state index contributed by atoms with van der Waals surface area (Å²) in [7, 11) is 0. The Morgan fingerprint density at radius 2 is 1.00 bits per heavy atom. The van der Waals surface area contributed by atoms with E-state index in [-0.39, 0.29) is 16.2 Å². The van der Waals surface area contributed by atoms with E-state index in [2.05, 4.69) is 211 Å². The molecule has 2 nitrogen and oxygen atoms in total. The van der Waals surface area contributed by atoms with E-state index >= 15 is 0 Å². The van der Waals surface area contributed by atoms with E-state index in [1.807, 2.05) is 0 Å². The van der Waals surface area contributed by atoms with E-state index < -0.39 is 0 Å². The predicted octanol–water partition coefficient (Wildman–Crippen LogP) is 15.8. The van der Waals surface area contributed by atoms with Gasteiger partial charge in [0.2, 0.25) is 0 Å². The van der Waals surface area contributed by atoms with Crippen LogP contribution in [0.2, 0.25) is 0 Å². The number of para-hydroxylation sites is 1. The summed E-state index contributed by atoms with van der Waals surface area (Å²) >= 11 is 0. The standard InChI is InChI=1S/C56H47NO/c1-54(2,3)50-48-42-19-10-13-21-44(42)55(4,5)51(48)53(52-49(50)43-20-11-14-22-45(43)56(52,6)7)57(39-30-31-41-40-18-12-15-23-46(40)58-47(41)33-39)38-28-26-35(27-29-38)37-25-24-34-16-8-9-17-36(34)32-37/h8-33H,1-7H3. The van der Waals surface area contributed by atoms with Crippen LogP contribution in [0.5, 0.6) is 0 Å². The van der Waals surface area contributed by atoms with E-state index in [0.29, 0.717) is 0 Å². The number of nitrogens with zero attached hydrogens (tertiary/aromatic N) is 1. The maximum atomic E-state index is 6.63. The van der Waals surface area contributed by atoms with E-state index in [4.69, 9.17) is 4.42 Å². The van der Waals surface area contributed by atoms with Crippen LogP contribution < -0.4 is 4.90 Å². The van der Waals surface area contributed by atoms with Gasteiger partial charge in [0.05, 0.1) is 5.69 Å². The molecule has 58 heavy (non-hydrogen) atoms. The van der Waals surface area contributed by atoms with Gasteiger partial charge in [-0.15, -0.1) is 0 Å². The van der Waals surface area contributed by atoms with Crippen LogP contribution in [0.15, 0.2) is 162 Å². The van der Waals surface area contributed by atoms with Crippen molar-refractivity contribution in [2.75, 3.05) is 4.90 Å². The lowest BCUT2D eigenvalue weighted by atomic mass is 9.71. The largest absolute Gasteiger partial charge is 0.456 e. The van der Waals surface area contributed by atoms with Gasteiger partial charge in [-0.25, -0.2) is 0 Å². The number of rotatable bonds is 4. The first-order valence-corrected chi connectivity index (χ1v) is 20.7. The number of anilines is 3. The van der Waals surface area contributed by atoms with Gasteiger partial charge in [-0.2, -0.15) is 0 Å². The fraction of sp³-hybridized carbons (Fsp3) is 0.179. The first-order valence-electron chi connectivity index (χ1n) is 20.7. The van der Waals surface area contributed by atoms with Gasteiger partial charge < -0.3 is 9.32 Å². The molecule has 11 rings (SSSR count). The summed E-state index contributed by atoms with van der Waals surface area (Å²) in [5, 5.41) is 4.77. The van der Waals surface area contributed by atoms with Gasteiger partial charge in [-0.3, -0.25) is 0 Å². The summed E-state index contributed by atoms with van der Waals surface area (Å²) in [6.45, 7) is 17.0. The highest BCUT2D eigenvalue weighted by Crippen LogP contribution is 2.65. The minimum Gasteiger partial charge on any atom is -0.456 e. The SMILES string of the molecule is CC(C)(C)c1c2c(c(N(c3ccc(-c4ccc5ccccc5c4)cc3)c3ccc4c(c3)oc3ccccc34)c3c1-c1ccccc1C3(C)C)C(C)(C)c1ccccc1-2. The van der Waals surface area contributed by atoms with Crippen molar-refractivity contribution in [1.82, 2.24) is 0 Å². The summed E-state index contributed by atoms with van der Waals surface area (Å²) in [5.74, 6) is 0. The van der Waals surface area contributed by atoms with Crippen LogP contribution >= 0.6 is 0 Å². The Balaban J connectivity index is 1.26. The average Bonchev–Trinajstić information content (AvgIpc) is 3.80. The van der Waals surface area contributed by atoms with Crippen LogP contribution in [-0.2, 0) is 16.2 Å². The highest BCUT2D eigenvalue weighted by atomic mass is 16.3. The van der Waals surface area contributed by atoms with Gasteiger partial charge in [0.25, 0.3) is 0 Å². The molecule has 2 aliphatic rings. The lowest BCUT2D eigenvalue weighted by Crippen LogP contribution is -2.27. The van der Waals surface area contributed by atoms with Gasteiger partial charge in [0, 0.05) is 39.0 Å². The van der Waals surface area contributed by atoms with E-state index in [0.717, 1.165) is 33.3 Å². The molecule has 0 saturated carbocycles. The summed E-state index contributed by atoms with van der Waals surface area (Å²) in [6.07, 6.45) is 0. The van der Waals surface area contributed by atoms with Crippen LogP contribution in [0.4, 0.5) is 17.1 Å². The molecule has 0 fully saturated rings. The molecular weight excluding hydrogens is 703 g/mol. The van der Waals surface area contributed by atoms with Crippen molar-refractivity contribution < 1.29 is 4.42 Å². The van der Waals surface area contributed by atoms with Gasteiger partial charge in [0.1, 0.15) is 11.2 Å². The second-order valence-corrected chi connectivity index (χ2v) is 18.5. The summed E-state index contributed by atoms with van der Waals surface area (Å²) in [6, 6.07) is 58.2. The van der Waals surface area contributed by atoms with Gasteiger partial charge in [-0.1, -0.05) is 164 Å². The highest BCUT2D eigenvalue weighted by Gasteiger charge is 2.50. The lowest BCUT2D eigenvalue weighted by Gasteiger charge is -2.39. The normalized spacial score (nSPS) is 14.7. The second kappa shape index (κ2) is 12.1. The monoisotopic (exact) mass is 749 g/mol. The van der Waals surface area contributed by atoms with Crippen LogP contribution in [0.3, 0.4) is 0 Å². The first-order chi connectivity index (χ1) is 27.9. The van der Waals surface area contributed by atoms with Crippen molar-refractivity contribution in [2.45, 2.75) is 64.7 Å². The molecule has 0 bridgehead atoms. The predicted molar refractivity (Wildman–Crippen MR) is 245 cm³/mol. The highest BCUT2D eigenvalue weighted by molar-refractivity contribution is 6.08. The van der Waals surface area contributed by atoms with E-state index in [9.17, 15) is 0 Å². The van der Waals surface area contributed by atoms with Crippen LogP contribution in [-0.4, -0.2) is 0 Å². The van der Waals surface area contributed by atoms with Crippen molar-refractivity contribution in [3.05, 3.63) is 186 Å². The number of furan rings is 1. The number of hydrogen-bond donors (Lipinski definition) is 0. The third kappa shape index (κ3) is 4.84. The molecule has 9 aromatic rings. The first kappa shape index (κ1) is 34.8. The van der Waals surface area contributed by atoms with Crippen molar-refractivity contribution in [1.29, 1.82) is 0 Å². The average molecular weight is 750 g/mol. The summed E-state index contributed by atoms with van der Waals surface area (Å²) < 4.78 is 6.63. The maximum Gasteiger partial charge on any atom is 0.137 e. The van der Waals surface area contributed by atoms with Crippen LogP contribution in [0.1, 0.15) is 76.3 Å². The van der Waals surface area contributed by atoms with Gasteiger partial charge in [0.15, 0.2) is 0 Å². The molecule has 0 radical (unpaired) electrons. The third-order valence-electron chi connectivity index (χ3n) is 13.3. The molecule has 1 aromatic heterocycles. The Labute approximate surface area is 341 Å². The molecule has 282 valence electrons. The Bertz CT molecular complexity index is 3060. The van der Waals surface area contributed by atoms with Gasteiger partial charge in [-0.05, 0) is 114 Å². The minimum atomic E-state index is -0.284. The molecule has 0 unspecified atom stereocenters. The molecule has 2 heteroatoms. The minimum absolute atomic E-state index is 0.132. The number of hydrogen-bond acceptors (Lipinski definition) is 2. The zero-order valence-corrected chi connectivity index (χ0v) is 34.4. The fourth-order valence-corrected chi connectivity index (χ4v) is 10.7. The van der Waals surface area contributed by atoms with E-state index in [1.165, 1.54) is 77.7 Å². The Hall–Kier alpha value is -6.38. The van der Waals surface area contributed by atoms with Crippen molar-refractivity contribution >= 4 is 49.8 Å². The van der Waals surface area contributed by atoms with Crippen molar-refractivity contribution in [2.24, 2.45) is 0 Å². The van der Waals surface area contributed by atoms with Crippen molar-refractivity contribution in [3.8, 4) is 33.4 Å². The molecule has 0 N–H and O–H groups in total. The third-order valence-corrected chi connectivity index (χ3v) is 13.3. The fourth-order valence-electron chi connectivity index (χ4n) is 10.7. The van der Waals surface area contributed by atoms with Crippen LogP contribution in [0.25, 0.3) is 66.1 Å². The zero-order chi connectivity index (χ0) is 39.7. The van der Waals surface area contributed by atoms with Crippen molar-refractivity contribution in [3.63, 3.8) is 0 Å². The molecule has 1 heterocycles. The quantitative estimate of drug-likeness (QED) is 0.178. The summed E-state index contributed by atoms with van der Waals surface area (Å²) in [5.41, 5.74) is 19.4. The zero-order valence-electron chi connectivity index (χ0n) is 34.4. The number of fused-ring (bicyclic) bond motifs is 10. The van der Waals surface area contributed by atoms with Crippen LogP contribution in [0, 0.1) is 0 Å². The topological polar surface area (TPSA) is 16.4 Å². The summed E-state index contributed by atoms with van der Waals surface area (Å²) in [4.78, 5) is 2.57. The molecule has 2 aliphatic carbocycles. The van der Waals surface area contributed by atoms with Gasteiger partial charge >= 0.3 is 0 Å². The smallest absolute Gasteiger partial charge is 0.137 e. The maximum absolute atomic E-state index is 6.63. The Morgan fingerprint density at radius 1 is 0.466 bits per heavy atom. The Kier molecular flexibility index (Phi) is 7.25. The molecule has 0 amide bonds. The molecule has 0 aliphatic heterocycles. The molecule has 8 aromatic carbocycles. The number of benzene rings is 8. The molecule has 0 atom stereocenters. The Morgan fingerprint density at radius 3 is 1.66 bits per heavy atom. The molecule has 0 saturated heterocycles. The molecular formula is C56H47NO. The van der Waals surface area contributed by atoms with E-state index in [1.54, 1.807) is 0 Å². The lowest BCUT2D eigenvalue weighted by molar-refractivity contribution is 0.587. The molecule has 0 spiro atoms.